The molecule has 0 radical (unpaired) electrons. The maximum Gasteiger partial charge on any atom is 0.237 e. The second-order valence-corrected chi connectivity index (χ2v) is 6.15. The zero-order chi connectivity index (χ0) is 16.8. The molecule has 0 aromatic heterocycles. The monoisotopic (exact) mass is 324 g/mol. The van der Waals surface area contributed by atoms with E-state index >= 15 is 0 Å². The van der Waals surface area contributed by atoms with Gasteiger partial charge in [0.15, 0.2) is 0 Å². The molecule has 4 heteroatoms. The van der Waals surface area contributed by atoms with Crippen LogP contribution in [0.3, 0.4) is 0 Å². The highest BCUT2D eigenvalue weighted by atomic mass is 16.5. The van der Waals surface area contributed by atoms with Crippen LogP contribution in [-0.2, 0) is 11.3 Å². The molecule has 1 unspecified atom stereocenters. The molecule has 2 aromatic rings. The summed E-state index contributed by atoms with van der Waals surface area (Å²) in [7, 11) is 1.67. The second kappa shape index (κ2) is 7.97. The van der Waals surface area contributed by atoms with Crippen LogP contribution in [0.25, 0.3) is 11.1 Å². The van der Waals surface area contributed by atoms with Crippen LogP contribution in [0.2, 0.25) is 0 Å². The second-order valence-electron chi connectivity index (χ2n) is 6.15. The lowest BCUT2D eigenvalue weighted by Gasteiger charge is -2.22. The van der Waals surface area contributed by atoms with Gasteiger partial charge in [-0.3, -0.25) is 4.79 Å². The van der Waals surface area contributed by atoms with Crippen LogP contribution in [0.15, 0.2) is 48.5 Å². The van der Waals surface area contributed by atoms with E-state index in [4.69, 9.17) is 4.74 Å². The van der Waals surface area contributed by atoms with Gasteiger partial charge in [-0.25, -0.2) is 0 Å². The maximum absolute atomic E-state index is 12.2. The summed E-state index contributed by atoms with van der Waals surface area (Å²) in [6.45, 7) is 1.49. The lowest BCUT2D eigenvalue weighted by atomic mass is 10.0. The molecule has 24 heavy (non-hydrogen) atoms. The number of benzene rings is 2. The van der Waals surface area contributed by atoms with Gasteiger partial charge in [-0.1, -0.05) is 36.8 Å². The highest BCUT2D eigenvalue weighted by molar-refractivity contribution is 5.81. The fourth-order valence-corrected chi connectivity index (χ4v) is 3.03. The average Bonchev–Trinajstić information content (AvgIpc) is 2.67. The lowest BCUT2D eigenvalue weighted by molar-refractivity contribution is -0.123. The van der Waals surface area contributed by atoms with E-state index in [2.05, 4.69) is 22.8 Å². The summed E-state index contributed by atoms with van der Waals surface area (Å²) in [5, 5.41) is 6.32. The molecule has 0 aliphatic carbocycles. The number of hydrogen-bond donors (Lipinski definition) is 2. The first-order valence-corrected chi connectivity index (χ1v) is 8.51. The molecule has 1 aliphatic rings. The van der Waals surface area contributed by atoms with Crippen LogP contribution >= 0.6 is 0 Å². The van der Waals surface area contributed by atoms with Crippen molar-refractivity contribution in [1.82, 2.24) is 10.6 Å². The van der Waals surface area contributed by atoms with Crippen LogP contribution < -0.4 is 15.4 Å². The van der Waals surface area contributed by atoms with Gasteiger partial charge in [0.25, 0.3) is 0 Å². The van der Waals surface area contributed by atoms with E-state index < -0.39 is 0 Å². The topological polar surface area (TPSA) is 50.4 Å². The van der Waals surface area contributed by atoms with E-state index in [0.29, 0.717) is 6.54 Å². The molecule has 1 amide bonds. The molecule has 1 fully saturated rings. The van der Waals surface area contributed by atoms with Gasteiger partial charge >= 0.3 is 0 Å². The Bertz CT molecular complexity index is 676. The number of carbonyl (C=O) groups is 1. The molecule has 0 bridgehead atoms. The Morgan fingerprint density at radius 2 is 2.00 bits per heavy atom. The SMILES string of the molecule is COc1ccc(-c2cccc(CNC(=O)C3CCCCN3)c2)cc1. The molecule has 0 spiro atoms. The smallest absolute Gasteiger partial charge is 0.237 e. The van der Waals surface area contributed by atoms with Gasteiger partial charge in [-0.2, -0.15) is 0 Å². The minimum absolute atomic E-state index is 0.0384. The van der Waals surface area contributed by atoms with Crippen LogP contribution in [0.1, 0.15) is 24.8 Å². The number of piperidine rings is 1. The summed E-state index contributed by atoms with van der Waals surface area (Å²) in [6, 6.07) is 16.2. The zero-order valence-corrected chi connectivity index (χ0v) is 14.0. The molecule has 1 saturated heterocycles. The average molecular weight is 324 g/mol. The van der Waals surface area contributed by atoms with Crippen molar-refractivity contribution >= 4 is 5.91 Å². The molecule has 4 nitrogen and oxygen atoms in total. The first-order chi connectivity index (χ1) is 11.8. The largest absolute Gasteiger partial charge is 0.497 e. The van der Waals surface area contributed by atoms with Gasteiger partial charge in [0.1, 0.15) is 5.75 Å². The van der Waals surface area contributed by atoms with Crippen LogP contribution in [0, 0.1) is 0 Å². The number of hydrogen-bond acceptors (Lipinski definition) is 3. The van der Waals surface area contributed by atoms with E-state index in [9.17, 15) is 4.79 Å². The standard InChI is InChI=1S/C20H24N2O2/c1-24-18-10-8-16(9-11-18)17-6-4-5-15(13-17)14-22-20(23)19-7-2-3-12-21-19/h4-6,8-11,13,19,21H,2-3,7,12,14H2,1H3,(H,22,23). The Kier molecular flexibility index (Phi) is 5.49. The minimum Gasteiger partial charge on any atom is -0.497 e. The van der Waals surface area contributed by atoms with Crippen molar-refractivity contribution in [2.24, 2.45) is 0 Å². The van der Waals surface area contributed by atoms with Gasteiger partial charge < -0.3 is 15.4 Å². The zero-order valence-electron chi connectivity index (χ0n) is 14.0. The predicted octanol–water partition coefficient (Wildman–Crippen LogP) is 3.12. The van der Waals surface area contributed by atoms with E-state index in [0.717, 1.165) is 48.2 Å². The van der Waals surface area contributed by atoms with Crippen LogP contribution in [0.4, 0.5) is 0 Å². The molecule has 1 atom stereocenters. The molecule has 1 heterocycles. The molecule has 126 valence electrons. The molecule has 1 aliphatic heterocycles. The van der Waals surface area contributed by atoms with Gasteiger partial charge in [0, 0.05) is 6.54 Å². The van der Waals surface area contributed by atoms with Crippen molar-refractivity contribution in [3.8, 4) is 16.9 Å². The molecular weight excluding hydrogens is 300 g/mol. The van der Waals surface area contributed by atoms with Crippen molar-refractivity contribution in [2.75, 3.05) is 13.7 Å². The fourth-order valence-electron chi connectivity index (χ4n) is 3.03. The van der Waals surface area contributed by atoms with Crippen LogP contribution in [-0.4, -0.2) is 25.6 Å². The van der Waals surface area contributed by atoms with Crippen LogP contribution in [0.5, 0.6) is 5.75 Å². The molecule has 2 N–H and O–H groups in total. The predicted molar refractivity (Wildman–Crippen MR) is 95.9 cm³/mol. The number of methoxy groups -OCH3 is 1. The Morgan fingerprint density at radius 1 is 1.17 bits per heavy atom. The summed E-state index contributed by atoms with van der Waals surface area (Å²) in [5.41, 5.74) is 3.38. The van der Waals surface area contributed by atoms with Gasteiger partial charge in [0.05, 0.1) is 13.2 Å². The third-order valence-electron chi connectivity index (χ3n) is 4.44. The van der Waals surface area contributed by atoms with Gasteiger partial charge in [-0.15, -0.1) is 0 Å². The van der Waals surface area contributed by atoms with Crippen molar-refractivity contribution in [3.05, 3.63) is 54.1 Å². The van der Waals surface area contributed by atoms with Crippen molar-refractivity contribution in [1.29, 1.82) is 0 Å². The summed E-state index contributed by atoms with van der Waals surface area (Å²) in [5.74, 6) is 0.951. The molecular formula is C20H24N2O2. The fraction of sp³-hybridized carbons (Fsp3) is 0.350. The van der Waals surface area contributed by atoms with E-state index in [1.807, 2.05) is 36.4 Å². The third kappa shape index (κ3) is 4.15. The highest BCUT2D eigenvalue weighted by Crippen LogP contribution is 2.23. The van der Waals surface area contributed by atoms with Crippen molar-refractivity contribution in [2.45, 2.75) is 31.8 Å². The number of carbonyl (C=O) groups excluding carboxylic acids is 1. The number of ether oxygens (including phenoxy) is 1. The van der Waals surface area contributed by atoms with Crippen molar-refractivity contribution < 1.29 is 9.53 Å². The normalized spacial score (nSPS) is 17.3. The first kappa shape index (κ1) is 16.5. The quantitative estimate of drug-likeness (QED) is 0.888. The lowest BCUT2D eigenvalue weighted by Crippen LogP contribution is -2.46. The van der Waals surface area contributed by atoms with Gasteiger partial charge in [0.2, 0.25) is 5.91 Å². The van der Waals surface area contributed by atoms with Crippen molar-refractivity contribution in [3.63, 3.8) is 0 Å². The Hall–Kier alpha value is -2.33. The Labute approximate surface area is 143 Å². The number of nitrogens with one attached hydrogen (secondary N) is 2. The molecule has 2 aromatic carbocycles. The summed E-state index contributed by atoms with van der Waals surface area (Å²) in [6.07, 6.45) is 3.21. The summed E-state index contributed by atoms with van der Waals surface area (Å²) < 4.78 is 5.20. The molecule has 3 rings (SSSR count). The van der Waals surface area contributed by atoms with E-state index in [1.54, 1.807) is 7.11 Å². The Balaban J connectivity index is 1.63. The number of amides is 1. The maximum atomic E-state index is 12.2. The third-order valence-corrected chi connectivity index (χ3v) is 4.44. The number of rotatable bonds is 5. The minimum atomic E-state index is -0.0384. The van der Waals surface area contributed by atoms with E-state index in [1.165, 1.54) is 0 Å². The van der Waals surface area contributed by atoms with Gasteiger partial charge in [-0.05, 0) is 54.3 Å². The summed E-state index contributed by atoms with van der Waals surface area (Å²) in [4.78, 5) is 12.2. The first-order valence-electron chi connectivity index (χ1n) is 8.51. The van der Waals surface area contributed by atoms with E-state index in [-0.39, 0.29) is 11.9 Å². The molecule has 0 saturated carbocycles. The summed E-state index contributed by atoms with van der Waals surface area (Å²) >= 11 is 0. The Morgan fingerprint density at radius 3 is 2.71 bits per heavy atom. The highest BCUT2D eigenvalue weighted by Gasteiger charge is 2.19.